The summed E-state index contributed by atoms with van der Waals surface area (Å²) in [6.45, 7) is 5.38. The fraction of sp³-hybridized carbons (Fsp3) is 0.261. The second-order valence-electron chi connectivity index (χ2n) is 7.13. The van der Waals surface area contributed by atoms with Gasteiger partial charge in [0.25, 0.3) is 11.5 Å². The van der Waals surface area contributed by atoms with Gasteiger partial charge in [0.1, 0.15) is 5.56 Å². The van der Waals surface area contributed by atoms with E-state index in [1.165, 1.54) is 4.57 Å². The van der Waals surface area contributed by atoms with Crippen molar-refractivity contribution in [1.29, 1.82) is 0 Å². The Bertz CT molecular complexity index is 1130. The smallest absolute Gasteiger partial charge is 0.313 e. The van der Waals surface area contributed by atoms with Crippen LogP contribution in [0.4, 0.5) is 5.69 Å². The topological polar surface area (TPSA) is 77.4 Å². The lowest BCUT2D eigenvalue weighted by Gasteiger charge is -2.18. The second kappa shape index (κ2) is 8.31. The van der Waals surface area contributed by atoms with Crippen molar-refractivity contribution in [1.82, 2.24) is 4.57 Å². The van der Waals surface area contributed by atoms with Gasteiger partial charge in [0, 0.05) is 18.1 Å². The molecule has 6 nitrogen and oxygen atoms in total. The molecule has 0 unspecified atom stereocenters. The highest BCUT2D eigenvalue weighted by molar-refractivity contribution is 6.10. The minimum atomic E-state index is -0.615. The van der Waals surface area contributed by atoms with Crippen molar-refractivity contribution in [3.05, 3.63) is 70.0 Å². The van der Waals surface area contributed by atoms with E-state index < -0.39 is 23.4 Å². The van der Waals surface area contributed by atoms with E-state index in [4.69, 9.17) is 4.74 Å². The summed E-state index contributed by atoms with van der Waals surface area (Å²) in [7, 11) is 1.61. The molecule has 1 N–H and O–H groups in total. The number of para-hydroxylation sites is 1. The van der Waals surface area contributed by atoms with Crippen LogP contribution in [0, 0.1) is 5.92 Å². The third-order valence-electron chi connectivity index (χ3n) is 4.78. The maximum atomic E-state index is 13.1. The van der Waals surface area contributed by atoms with Gasteiger partial charge < -0.3 is 14.6 Å². The number of carbonyl (C=O) groups excluding carboxylic acids is 2. The molecule has 0 aliphatic rings. The summed E-state index contributed by atoms with van der Waals surface area (Å²) >= 11 is 0. The van der Waals surface area contributed by atoms with Crippen LogP contribution in [-0.4, -0.2) is 16.4 Å². The van der Waals surface area contributed by atoms with E-state index >= 15 is 0 Å². The molecular formula is C23H24N2O4. The zero-order valence-electron chi connectivity index (χ0n) is 17.0. The number of esters is 1. The molecule has 0 aliphatic heterocycles. The van der Waals surface area contributed by atoms with Crippen molar-refractivity contribution in [2.75, 3.05) is 5.32 Å². The number of nitrogens with one attached hydrogen (secondary N) is 1. The minimum Gasteiger partial charge on any atom is -0.425 e. The fourth-order valence-corrected chi connectivity index (χ4v) is 3.16. The number of carbonyl (C=O) groups is 2. The number of aromatic nitrogens is 1. The highest BCUT2D eigenvalue weighted by Crippen LogP contribution is 2.32. The molecule has 0 spiro atoms. The van der Waals surface area contributed by atoms with E-state index in [1.54, 1.807) is 51.2 Å². The van der Waals surface area contributed by atoms with Gasteiger partial charge in [-0.25, -0.2) is 0 Å². The van der Waals surface area contributed by atoms with Crippen LogP contribution in [0.2, 0.25) is 0 Å². The van der Waals surface area contributed by atoms with E-state index in [0.29, 0.717) is 23.0 Å². The van der Waals surface area contributed by atoms with E-state index in [-0.39, 0.29) is 11.3 Å². The largest absolute Gasteiger partial charge is 0.425 e. The number of benzene rings is 2. The van der Waals surface area contributed by atoms with Crippen LogP contribution in [0.25, 0.3) is 10.9 Å². The number of rotatable bonds is 5. The van der Waals surface area contributed by atoms with E-state index in [2.05, 4.69) is 5.32 Å². The predicted molar refractivity (Wildman–Crippen MR) is 113 cm³/mol. The van der Waals surface area contributed by atoms with Gasteiger partial charge in [0.2, 0.25) is 0 Å². The fourth-order valence-electron chi connectivity index (χ4n) is 3.16. The first-order chi connectivity index (χ1) is 13.8. The second-order valence-corrected chi connectivity index (χ2v) is 7.13. The van der Waals surface area contributed by atoms with Crippen molar-refractivity contribution >= 4 is 28.5 Å². The molecule has 0 saturated carbocycles. The molecule has 0 bridgehead atoms. The van der Waals surface area contributed by atoms with Gasteiger partial charge >= 0.3 is 5.97 Å². The number of pyridine rings is 1. The SMILES string of the molecule is CCc1cccc2c1c(OC(=O)C(C)C)c(C(=O)Nc1ccccc1)c(=O)n2C. The first-order valence-corrected chi connectivity index (χ1v) is 9.57. The van der Waals surface area contributed by atoms with Crippen LogP contribution in [0.3, 0.4) is 0 Å². The number of nitrogens with zero attached hydrogens (tertiary/aromatic N) is 1. The zero-order chi connectivity index (χ0) is 21.1. The molecule has 0 fully saturated rings. The third kappa shape index (κ3) is 3.92. The molecular weight excluding hydrogens is 368 g/mol. The van der Waals surface area contributed by atoms with Gasteiger partial charge in [0.15, 0.2) is 5.75 Å². The van der Waals surface area contributed by atoms with Crippen molar-refractivity contribution in [3.8, 4) is 5.75 Å². The summed E-state index contributed by atoms with van der Waals surface area (Å²) in [6, 6.07) is 14.4. The van der Waals surface area contributed by atoms with Crippen molar-refractivity contribution in [3.63, 3.8) is 0 Å². The number of anilines is 1. The molecule has 0 aliphatic carbocycles. The number of aryl methyl sites for hydroxylation is 2. The molecule has 6 heteroatoms. The number of hydrogen-bond acceptors (Lipinski definition) is 4. The first kappa shape index (κ1) is 20.3. The Morgan fingerprint density at radius 3 is 2.38 bits per heavy atom. The van der Waals surface area contributed by atoms with Crippen LogP contribution < -0.4 is 15.6 Å². The Morgan fingerprint density at radius 2 is 1.76 bits per heavy atom. The Labute approximate surface area is 169 Å². The summed E-state index contributed by atoms with van der Waals surface area (Å²) in [5, 5.41) is 3.33. The molecule has 1 amide bonds. The van der Waals surface area contributed by atoms with Gasteiger partial charge in [-0.05, 0) is 30.2 Å². The van der Waals surface area contributed by atoms with Crippen molar-refractivity contribution in [2.45, 2.75) is 27.2 Å². The average molecular weight is 392 g/mol. The monoisotopic (exact) mass is 392 g/mol. The Hall–Kier alpha value is -3.41. The molecule has 3 aromatic rings. The van der Waals surface area contributed by atoms with Crippen molar-refractivity contribution in [2.24, 2.45) is 13.0 Å². The Balaban J connectivity index is 2.29. The standard InChI is InChI=1S/C23H24N2O4/c1-5-15-10-9-13-17-18(15)20(29-23(28)14(2)3)19(22(27)25(17)4)21(26)24-16-11-7-6-8-12-16/h6-14H,5H2,1-4H3,(H,24,26). The van der Waals surface area contributed by atoms with Crippen LogP contribution >= 0.6 is 0 Å². The van der Waals surface area contributed by atoms with Crippen LogP contribution in [0.1, 0.15) is 36.7 Å². The predicted octanol–water partition coefficient (Wildman–Crippen LogP) is 3.91. The van der Waals surface area contributed by atoms with Crippen LogP contribution in [0.15, 0.2) is 53.3 Å². The number of ether oxygens (including phenoxy) is 1. The summed E-state index contributed by atoms with van der Waals surface area (Å²) in [5.41, 5.74) is 1.34. The maximum absolute atomic E-state index is 13.1. The van der Waals surface area contributed by atoms with Gasteiger partial charge in [-0.15, -0.1) is 0 Å². The molecule has 1 aromatic heterocycles. The lowest BCUT2D eigenvalue weighted by molar-refractivity contribution is -0.137. The number of fused-ring (bicyclic) bond motifs is 1. The average Bonchev–Trinajstić information content (AvgIpc) is 2.71. The highest BCUT2D eigenvalue weighted by atomic mass is 16.5. The van der Waals surface area contributed by atoms with Crippen LogP contribution in [0.5, 0.6) is 5.75 Å². The summed E-state index contributed by atoms with van der Waals surface area (Å²) in [4.78, 5) is 38.6. The molecule has 150 valence electrons. The molecule has 0 saturated heterocycles. The van der Waals surface area contributed by atoms with E-state index in [0.717, 1.165) is 5.56 Å². The zero-order valence-corrected chi connectivity index (χ0v) is 17.0. The molecule has 3 rings (SSSR count). The Kier molecular flexibility index (Phi) is 5.82. The number of hydrogen-bond donors (Lipinski definition) is 1. The van der Waals surface area contributed by atoms with E-state index in [9.17, 15) is 14.4 Å². The minimum absolute atomic E-state index is 0.0210. The van der Waals surface area contributed by atoms with E-state index in [1.807, 2.05) is 25.1 Å². The highest BCUT2D eigenvalue weighted by Gasteiger charge is 2.26. The molecule has 29 heavy (non-hydrogen) atoms. The molecule has 1 heterocycles. The maximum Gasteiger partial charge on any atom is 0.313 e. The molecule has 2 aromatic carbocycles. The molecule has 0 radical (unpaired) electrons. The normalized spacial score (nSPS) is 10.9. The van der Waals surface area contributed by atoms with Gasteiger partial charge in [-0.1, -0.05) is 51.1 Å². The number of amides is 1. The van der Waals surface area contributed by atoms with Gasteiger partial charge in [-0.2, -0.15) is 0 Å². The summed E-state index contributed by atoms with van der Waals surface area (Å²) in [5.74, 6) is -1.50. The van der Waals surface area contributed by atoms with Gasteiger partial charge in [-0.3, -0.25) is 14.4 Å². The lowest BCUT2D eigenvalue weighted by atomic mass is 10.0. The third-order valence-corrected chi connectivity index (χ3v) is 4.78. The van der Waals surface area contributed by atoms with Crippen molar-refractivity contribution < 1.29 is 14.3 Å². The summed E-state index contributed by atoms with van der Waals surface area (Å²) in [6.07, 6.45) is 0.654. The lowest BCUT2D eigenvalue weighted by Crippen LogP contribution is -2.30. The summed E-state index contributed by atoms with van der Waals surface area (Å²) < 4.78 is 7.06. The van der Waals surface area contributed by atoms with Crippen LogP contribution in [-0.2, 0) is 18.3 Å². The molecule has 0 atom stereocenters. The first-order valence-electron chi connectivity index (χ1n) is 9.57. The quantitative estimate of drug-likeness (QED) is 0.668. The Morgan fingerprint density at radius 1 is 1.07 bits per heavy atom. The van der Waals surface area contributed by atoms with Gasteiger partial charge in [0.05, 0.1) is 11.4 Å².